The molecule has 0 radical (unpaired) electrons. The maximum Gasteiger partial charge on any atom is 0.255 e. The van der Waals surface area contributed by atoms with E-state index in [1.165, 1.54) is 12.3 Å². The van der Waals surface area contributed by atoms with Crippen molar-refractivity contribution in [3.05, 3.63) is 34.2 Å². The highest BCUT2D eigenvalue weighted by Crippen LogP contribution is 2.05. The fraction of sp³-hybridized carbons (Fsp3) is 0.455. The van der Waals surface area contributed by atoms with Crippen molar-refractivity contribution in [2.75, 3.05) is 26.3 Å². The smallest absolute Gasteiger partial charge is 0.255 e. The Morgan fingerprint density at radius 1 is 1.31 bits per heavy atom. The summed E-state index contributed by atoms with van der Waals surface area (Å²) in [6.45, 7) is 2.60. The minimum atomic E-state index is -0.198. The zero-order valence-corrected chi connectivity index (χ0v) is 8.94. The molecule has 0 bridgehead atoms. The van der Waals surface area contributed by atoms with Crippen LogP contribution in [0.25, 0.3) is 0 Å². The zero-order chi connectivity index (χ0) is 11.4. The van der Waals surface area contributed by atoms with Gasteiger partial charge in [-0.15, -0.1) is 0 Å². The number of ether oxygens (including phenoxy) is 1. The molecule has 2 heterocycles. The van der Waals surface area contributed by atoms with E-state index in [4.69, 9.17) is 4.74 Å². The number of H-pyrrole nitrogens is 1. The number of nitrogens with zero attached hydrogens (tertiary/aromatic N) is 1. The second-order valence-corrected chi connectivity index (χ2v) is 3.70. The van der Waals surface area contributed by atoms with Gasteiger partial charge in [-0.3, -0.25) is 9.59 Å². The molecule has 0 atom stereocenters. The summed E-state index contributed by atoms with van der Waals surface area (Å²) in [7, 11) is 0. The Morgan fingerprint density at radius 3 is 2.94 bits per heavy atom. The molecule has 1 aromatic rings. The fourth-order valence-corrected chi connectivity index (χ4v) is 1.68. The predicted molar refractivity (Wildman–Crippen MR) is 58.4 cm³/mol. The molecule has 5 heteroatoms. The van der Waals surface area contributed by atoms with E-state index in [9.17, 15) is 9.59 Å². The summed E-state index contributed by atoms with van der Waals surface area (Å²) in [5.41, 5.74) is 0.317. The Morgan fingerprint density at radius 2 is 2.19 bits per heavy atom. The number of hydrogen-bond acceptors (Lipinski definition) is 3. The van der Waals surface area contributed by atoms with Gasteiger partial charge in [0.2, 0.25) is 5.56 Å². The minimum absolute atomic E-state index is 0.0539. The highest BCUT2D eigenvalue weighted by molar-refractivity contribution is 5.93. The van der Waals surface area contributed by atoms with E-state index in [0.29, 0.717) is 31.9 Å². The third kappa shape index (κ3) is 2.49. The van der Waals surface area contributed by atoms with Crippen molar-refractivity contribution in [3.8, 4) is 0 Å². The molecule has 5 nitrogen and oxygen atoms in total. The van der Waals surface area contributed by atoms with Crippen LogP contribution in [0.15, 0.2) is 23.1 Å². The number of rotatable bonds is 1. The van der Waals surface area contributed by atoms with Gasteiger partial charge in [0, 0.05) is 32.0 Å². The predicted octanol–water partition coefficient (Wildman–Crippen LogP) is 0.237. The molecule has 0 saturated carbocycles. The van der Waals surface area contributed by atoms with Crippen LogP contribution >= 0.6 is 0 Å². The summed E-state index contributed by atoms with van der Waals surface area (Å²) in [5, 5.41) is 0. The summed E-state index contributed by atoms with van der Waals surface area (Å²) in [6, 6.07) is 2.91. The van der Waals surface area contributed by atoms with Gasteiger partial charge in [-0.1, -0.05) is 0 Å². The van der Waals surface area contributed by atoms with Crippen LogP contribution < -0.4 is 5.56 Å². The maximum absolute atomic E-state index is 12.0. The van der Waals surface area contributed by atoms with E-state index < -0.39 is 0 Å². The molecule has 0 aromatic carbocycles. The van der Waals surface area contributed by atoms with Crippen LogP contribution in [0, 0.1) is 0 Å². The van der Waals surface area contributed by atoms with Crippen molar-refractivity contribution in [3.63, 3.8) is 0 Å². The normalized spacial score (nSPS) is 16.9. The monoisotopic (exact) mass is 222 g/mol. The Balaban J connectivity index is 2.11. The van der Waals surface area contributed by atoms with Crippen molar-refractivity contribution in [2.24, 2.45) is 0 Å². The molecule has 1 N–H and O–H groups in total. The van der Waals surface area contributed by atoms with E-state index in [0.717, 1.165) is 6.42 Å². The van der Waals surface area contributed by atoms with Crippen LogP contribution in [0.3, 0.4) is 0 Å². The Labute approximate surface area is 93.0 Å². The highest BCUT2D eigenvalue weighted by atomic mass is 16.5. The number of hydrogen-bond donors (Lipinski definition) is 1. The first-order valence-electron chi connectivity index (χ1n) is 5.33. The average Bonchev–Trinajstić information content (AvgIpc) is 2.57. The summed E-state index contributed by atoms with van der Waals surface area (Å²) in [6.07, 6.45) is 2.31. The van der Waals surface area contributed by atoms with Crippen molar-refractivity contribution < 1.29 is 9.53 Å². The molecule has 16 heavy (non-hydrogen) atoms. The molecule has 1 fully saturated rings. The van der Waals surface area contributed by atoms with Crippen LogP contribution in [0.5, 0.6) is 0 Å². The maximum atomic E-state index is 12.0. The lowest BCUT2D eigenvalue weighted by Crippen LogP contribution is -2.33. The summed E-state index contributed by atoms with van der Waals surface area (Å²) in [5.74, 6) is -0.0539. The van der Waals surface area contributed by atoms with Crippen molar-refractivity contribution in [2.45, 2.75) is 6.42 Å². The van der Waals surface area contributed by atoms with Gasteiger partial charge < -0.3 is 14.6 Å². The molecular formula is C11H14N2O3. The van der Waals surface area contributed by atoms with Crippen molar-refractivity contribution >= 4 is 5.91 Å². The minimum Gasteiger partial charge on any atom is -0.380 e. The van der Waals surface area contributed by atoms with E-state index in [2.05, 4.69) is 4.98 Å². The number of amides is 1. The quantitative estimate of drug-likeness (QED) is 0.740. The van der Waals surface area contributed by atoms with E-state index in [-0.39, 0.29) is 11.5 Å². The molecule has 0 aliphatic carbocycles. The molecule has 86 valence electrons. The van der Waals surface area contributed by atoms with Gasteiger partial charge in [-0.25, -0.2) is 0 Å². The topological polar surface area (TPSA) is 62.4 Å². The van der Waals surface area contributed by atoms with E-state index in [1.807, 2.05) is 0 Å². The van der Waals surface area contributed by atoms with E-state index >= 15 is 0 Å². The molecule has 1 aromatic heterocycles. The zero-order valence-electron chi connectivity index (χ0n) is 8.94. The third-order valence-electron chi connectivity index (χ3n) is 2.54. The number of nitrogens with one attached hydrogen (secondary N) is 1. The summed E-state index contributed by atoms with van der Waals surface area (Å²) >= 11 is 0. The van der Waals surface area contributed by atoms with Gasteiger partial charge in [0.05, 0.1) is 12.2 Å². The van der Waals surface area contributed by atoms with Crippen molar-refractivity contribution in [1.82, 2.24) is 9.88 Å². The lowest BCUT2D eigenvalue weighted by atomic mass is 10.2. The second kappa shape index (κ2) is 4.94. The fourth-order valence-electron chi connectivity index (χ4n) is 1.68. The third-order valence-corrected chi connectivity index (χ3v) is 2.54. The van der Waals surface area contributed by atoms with Crippen LogP contribution in [0.1, 0.15) is 16.8 Å². The van der Waals surface area contributed by atoms with Gasteiger partial charge in [0.15, 0.2) is 0 Å². The van der Waals surface area contributed by atoms with Crippen molar-refractivity contribution in [1.29, 1.82) is 0 Å². The van der Waals surface area contributed by atoms with E-state index in [1.54, 1.807) is 11.0 Å². The summed E-state index contributed by atoms with van der Waals surface area (Å²) in [4.78, 5) is 27.1. The first-order valence-corrected chi connectivity index (χ1v) is 5.33. The van der Waals surface area contributed by atoms with Gasteiger partial charge in [-0.05, 0) is 12.5 Å². The number of pyridine rings is 1. The average molecular weight is 222 g/mol. The number of carbonyl (C=O) groups excluding carboxylic acids is 1. The molecule has 1 aliphatic rings. The number of carbonyl (C=O) groups is 1. The molecule has 1 amide bonds. The molecule has 0 unspecified atom stereocenters. The Hall–Kier alpha value is -1.62. The Bertz CT molecular complexity index is 399. The van der Waals surface area contributed by atoms with Crippen LogP contribution in [-0.4, -0.2) is 42.1 Å². The Kier molecular flexibility index (Phi) is 3.36. The van der Waals surface area contributed by atoms with Crippen LogP contribution in [-0.2, 0) is 4.74 Å². The van der Waals surface area contributed by atoms with Gasteiger partial charge >= 0.3 is 0 Å². The lowest BCUT2D eigenvalue weighted by Gasteiger charge is -2.19. The molecule has 2 rings (SSSR count). The number of aromatic amines is 1. The first-order chi connectivity index (χ1) is 7.77. The number of aromatic nitrogens is 1. The first kappa shape index (κ1) is 10.9. The molecule has 0 spiro atoms. The lowest BCUT2D eigenvalue weighted by molar-refractivity contribution is 0.0741. The van der Waals surface area contributed by atoms with Crippen LogP contribution in [0.2, 0.25) is 0 Å². The molecular weight excluding hydrogens is 208 g/mol. The molecule has 1 aliphatic heterocycles. The SMILES string of the molecule is O=C(c1ccc(=O)[nH]c1)N1CCCOCC1. The van der Waals surface area contributed by atoms with Gasteiger partial charge in [0.25, 0.3) is 5.91 Å². The van der Waals surface area contributed by atoms with Gasteiger partial charge in [0.1, 0.15) is 0 Å². The van der Waals surface area contributed by atoms with Gasteiger partial charge in [-0.2, -0.15) is 0 Å². The highest BCUT2D eigenvalue weighted by Gasteiger charge is 2.17. The standard InChI is InChI=1S/C11H14N2O3/c14-10-3-2-9(8-12-10)11(15)13-4-1-6-16-7-5-13/h2-3,8H,1,4-7H2,(H,12,14). The second-order valence-electron chi connectivity index (χ2n) is 3.70. The largest absolute Gasteiger partial charge is 0.380 e. The van der Waals surface area contributed by atoms with Crippen LogP contribution in [0.4, 0.5) is 0 Å². The summed E-state index contributed by atoms with van der Waals surface area (Å²) < 4.78 is 5.28. The molecule has 1 saturated heterocycles.